The van der Waals surface area contributed by atoms with Crippen LogP contribution >= 0.6 is 0 Å². The lowest BCUT2D eigenvalue weighted by molar-refractivity contribution is -0.133. The van der Waals surface area contributed by atoms with Gasteiger partial charge in [0.05, 0.1) is 0 Å². The van der Waals surface area contributed by atoms with Crippen molar-refractivity contribution in [1.82, 2.24) is 5.32 Å². The fourth-order valence-corrected chi connectivity index (χ4v) is 2.78. The van der Waals surface area contributed by atoms with Gasteiger partial charge in [-0.25, -0.2) is 0 Å². The van der Waals surface area contributed by atoms with E-state index in [2.05, 4.69) is 5.32 Å². The molecule has 4 heteroatoms. The summed E-state index contributed by atoms with van der Waals surface area (Å²) in [6.45, 7) is 3.66. The molecule has 108 valence electrons. The monoisotopic (exact) mass is 282 g/mol. The molecule has 1 aliphatic heterocycles. The second-order valence-electron chi connectivity index (χ2n) is 5.39. The fraction of sp³-hybridized carbons (Fsp3) is 0.294. The minimum absolute atomic E-state index is 0.0418. The van der Waals surface area contributed by atoms with E-state index in [1.807, 2.05) is 49.4 Å². The highest BCUT2D eigenvalue weighted by molar-refractivity contribution is 6.09. The van der Waals surface area contributed by atoms with E-state index >= 15 is 0 Å². The van der Waals surface area contributed by atoms with Gasteiger partial charge in [-0.05, 0) is 36.2 Å². The first kappa shape index (κ1) is 13.6. The summed E-state index contributed by atoms with van der Waals surface area (Å²) in [5, 5.41) is 4.96. The summed E-state index contributed by atoms with van der Waals surface area (Å²) in [4.78, 5) is 26.2. The molecule has 0 spiro atoms. The molecular weight excluding hydrogens is 264 g/mol. The molecule has 0 aromatic heterocycles. The summed E-state index contributed by atoms with van der Waals surface area (Å²) in [5.41, 5.74) is 0.777. The van der Waals surface area contributed by atoms with Crippen molar-refractivity contribution < 1.29 is 9.59 Å². The lowest BCUT2D eigenvalue weighted by Gasteiger charge is -2.37. The lowest BCUT2D eigenvalue weighted by atomic mass is 10.0. The maximum atomic E-state index is 12.6. The number of piperazine rings is 1. The molecule has 0 aliphatic carbocycles. The minimum Gasteiger partial charge on any atom is -0.343 e. The Morgan fingerprint density at radius 3 is 2.52 bits per heavy atom. The van der Waals surface area contributed by atoms with Crippen LogP contribution in [-0.2, 0) is 9.59 Å². The average molecular weight is 282 g/mol. The number of amides is 2. The van der Waals surface area contributed by atoms with Crippen LogP contribution in [0.4, 0.5) is 5.69 Å². The van der Waals surface area contributed by atoms with Crippen LogP contribution in [0.5, 0.6) is 0 Å². The van der Waals surface area contributed by atoms with Gasteiger partial charge in [0, 0.05) is 5.69 Å². The molecule has 0 saturated carbocycles. The predicted octanol–water partition coefficient (Wildman–Crippen LogP) is 2.47. The normalized spacial score (nSPS) is 22.5. The topological polar surface area (TPSA) is 49.4 Å². The molecular formula is C17H18N2O2. The van der Waals surface area contributed by atoms with Gasteiger partial charge in [0.1, 0.15) is 12.1 Å². The van der Waals surface area contributed by atoms with Crippen molar-refractivity contribution >= 4 is 28.3 Å². The second kappa shape index (κ2) is 5.20. The van der Waals surface area contributed by atoms with Crippen LogP contribution in [0.3, 0.4) is 0 Å². The number of rotatable bonds is 2. The molecule has 4 nitrogen and oxygen atoms in total. The van der Waals surface area contributed by atoms with Gasteiger partial charge in [0.2, 0.25) is 11.8 Å². The van der Waals surface area contributed by atoms with Gasteiger partial charge in [-0.1, -0.05) is 37.3 Å². The van der Waals surface area contributed by atoms with Crippen LogP contribution < -0.4 is 10.2 Å². The molecule has 0 radical (unpaired) electrons. The van der Waals surface area contributed by atoms with E-state index in [4.69, 9.17) is 0 Å². The Hall–Kier alpha value is -2.36. The summed E-state index contributed by atoms with van der Waals surface area (Å²) in [6.07, 6.45) is 0.599. The smallest absolute Gasteiger partial charge is 0.250 e. The third-order valence-corrected chi connectivity index (χ3v) is 4.04. The van der Waals surface area contributed by atoms with Crippen LogP contribution in [0, 0.1) is 0 Å². The fourth-order valence-electron chi connectivity index (χ4n) is 2.78. The summed E-state index contributed by atoms with van der Waals surface area (Å²) in [6, 6.07) is 12.9. The highest BCUT2D eigenvalue weighted by Crippen LogP contribution is 2.26. The number of anilines is 1. The van der Waals surface area contributed by atoms with Crippen molar-refractivity contribution in [3.63, 3.8) is 0 Å². The van der Waals surface area contributed by atoms with Crippen molar-refractivity contribution in [2.45, 2.75) is 32.4 Å². The molecule has 1 heterocycles. The molecule has 2 unspecified atom stereocenters. The number of fused-ring (bicyclic) bond motifs is 1. The van der Waals surface area contributed by atoms with Gasteiger partial charge in [-0.15, -0.1) is 0 Å². The number of nitrogens with one attached hydrogen (secondary N) is 1. The van der Waals surface area contributed by atoms with Crippen molar-refractivity contribution in [1.29, 1.82) is 0 Å². The molecule has 1 fully saturated rings. The van der Waals surface area contributed by atoms with E-state index in [1.165, 1.54) is 0 Å². The SMILES string of the molecule is CCC1NC(=O)C(C)N(c2ccc3ccccc3c2)C1=O. The van der Waals surface area contributed by atoms with Crippen LogP contribution in [-0.4, -0.2) is 23.9 Å². The first-order chi connectivity index (χ1) is 10.1. The molecule has 21 heavy (non-hydrogen) atoms. The third kappa shape index (κ3) is 2.27. The Balaban J connectivity index is 2.06. The van der Waals surface area contributed by atoms with Gasteiger partial charge in [0.25, 0.3) is 0 Å². The first-order valence-corrected chi connectivity index (χ1v) is 7.24. The number of hydrogen-bond donors (Lipinski definition) is 1. The summed E-state index contributed by atoms with van der Waals surface area (Å²) < 4.78 is 0. The van der Waals surface area contributed by atoms with Crippen molar-refractivity contribution in [2.24, 2.45) is 0 Å². The zero-order valence-corrected chi connectivity index (χ0v) is 12.2. The van der Waals surface area contributed by atoms with Crippen molar-refractivity contribution in [2.75, 3.05) is 4.90 Å². The highest BCUT2D eigenvalue weighted by Gasteiger charge is 2.37. The molecule has 3 rings (SSSR count). The van der Waals surface area contributed by atoms with Crippen LogP contribution in [0.15, 0.2) is 42.5 Å². The van der Waals surface area contributed by atoms with E-state index in [0.29, 0.717) is 6.42 Å². The molecule has 0 bridgehead atoms. The van der Waals surface area contributed by atoms with Gasteiger partial charge in [-0.2, -0.15) is 0 Å². The number of nitrogens with zero attached hydrogens (tertiary/aromatic N) is 1. The second-order valence-corrected chi connectivity index (χ2v) is 5.39. The maximum Gasteiger partial charge on any atom is 0.250 e. The van der Waals surface area contributed by atoms with E-state index in [-0.39, 0.29) is 11.8 Å². The molecule has 2 amide bonds. The highest BCUT2D eigenvalue weighted by atomic mass is 16.2. The van der Waals surface area contributed by atoms with Crippen molar-refractivity contribution in [3.8, 4) is 0 Å². The predicted molar refractivity (Wildman–Crippen MR) is 83.1 cm³/mol. The number of carbonyl (C=O) groups excluding carboxylic acids is 2. The molecule has 2 aromatic rings. The minimum atomic E-state index is -0.485. The van der Waals surface area contributed by atoms with Gasteiger partial charge in [-0.3, -0.25) is 14.5 Å². The molecule has 1 N–H and O–H groups in total. The van der Waals surface area contributed by atoms with Crippen LogP contribution in [0.2, 0.25) is 0 Å². The Morgan fingerprint density at radius 1 is 1.10 bits per heavy atom. The summed E-state index contributed by atoms with van der Waals surface area (Å²) in [5.74, 6) is -0.144. The van der Waals surface area contributed by atoms with Crippen LogP contribution in [0.25, 0.3) is 10.8 Å². The number of hydrogen-bond acceptors (Lipinski definition) is 2. The van der Waals surface area contributed by atoms with Gasteiger partial charge < -0.3 is 5.32 Å². The largest absolute Gasteiger partial charge is 0.343 e. The quantitative estimate of drug-likeness (QED) is 0.920. The zero-order valence-electron chi connectivity index (χ0n) is 12.2. The van der Waals surface area contributed by atoms with Gasteiger partial charge in [0.15, 0.2) is 0 Å². The summed E-state index contributed by atoms with van der Waals surface area (Å²) >= 11 is 0. The third-order valence-electron chi connectivity index (χ3n) is 4.04. The van der Waals surface area contributed by atoms with E-state index in [9.17, 15) is 9.59 Å². The van der Waals surface area contributed by atoms with Crippen LogP contribution in [0.1, 0.15) is 20.3 Å². The molecule has 2 aromatic carbocycles. The Bertz CT molecular complexity index is 711. The Labute approximate surface area is 123 Å². The number of benzene rings is 2. The Kier molecular flexibility index (Phi) is 3.37. The first-order valence-electron chi connectivity index (χ1n) is 7.24. The standard InChI is InChI=1S/C17H18N2O2/c1-3-15-17(21)19(11(2)16(20)18-15)14-9-8-12-6-4-5-7-13(12)10-14/h4-11,15H,3H2,1-2H3,(H,18,20). The van der Waals surface area contributed by atoms with E-state index in [1.54, 1.807) is 11.8 Å². The van der Waals surface area contributed by atoms with Gasteiger partial charge >= 0.3 is 0 Å². The van der Waals surface area contributed by atoms with E-state index in [0.717, 1.165) is 16.5 Å². The Morgan fingerprint density at radius 2 is 1.81 bits per heavy atom. The number of carbonyl (C=O) groups is 2. The lowest BCUT2D eigenvalue weighted by Crippen LogP contribution is -2.62. The zero-order chi connectivity index (χ0) is 15.0. The summed E-state index contributed by atoms with van der Waals surface area (Å²) in [7, 11) is 0. The van der Waals surface area contributed by atoms with Crippen molar-refractivity contribution in [3.05, 3.63) is 42.5 Å². The maximum absolute atomic E-state index is 12.6. The molecule has 1 aliphatic rings. The van der Waals surface area contributed by atoms with E-state index < -0.39 is 12.1 Å². The molecule has 2 atom stereocenters. The molecule has 1 saturated heterocycles. The average Bonchev–Trinajstić information content (AvgIpc) is 2.51.